The van der Waals surface area contributed by atoms with Crippen molar-refractivity contribution < 1.29 is 14.5 Å². The number of carbonyl (C=O) groups excluding carboxylic acids is 1. The predicted molar refractivity (Wildman–Crippen MR) is 80.4 cm³/mol. The van der Waals surface area contributed by atoms with E-state index in [2.05, 4.69) is 10.2 Å². The fraction of sp³-hybridized carbons (Fsp3) is 0.333. The van der Waals surface area contributed by atoms with Crippen LogP contribution >= 0.6 is 0 Å². The van der Waals surface area contributed by atoms with E-state index in [9.17, 15) is 9.82 Å². The van der Waals surface area contributed by atoms with Crippen LogP contribution in [0.25, 0.3) is 0 Å². The van der Waals surface area contributed by atoms with E-state index in [4.69, 9.17) is 4.65 Å². The lowest BCUT2D eigenvalue weighted by Crippen LogP contribution is -2.33. The van der Waals surface area contributed by atoms with Crippen molar-refractivity contribution in [2.24, 2.45) is 0 Å². The minimum Gasteiger partial charge on any atom is -0.423 e. The van der Waals surface area contributed by atoms with Crippen molar-refractivity contribution in [3.05, 3.63) is 47.3 Å². The number of aromatic nitrogens is 2. The van der Waals surface area contributed by atoms with Crippen molar-refractivity contribution >= 4 is 18.5 Å². The fourth-order valence-corrected chi connectivity index (χ4v) is 3.31. The molecule has 2 aliphatic heterocycles. The van der Waals surface area contributed by atoms with Crippen LogP contribution in [0.15, 0.2) is 30.6 Å². The average Bonchev–Trinajstić information content (AvgIpc) is 3.26. The number of amides is 1. The van der Waals surface area contributed by atoms with Crippen LogP contribution in [0, 0.1) is 0 Å². The summed E-state index contributed by atoms with van der Waals surface area (Å²) >= 11 is 0. The van der Waals surface area contributed by atoms with E-state index in [1.165, 1.54) is 0 Å². The van der Waals surface area contributed by atoms with E-state index in [-0.39, 0.29) is 11.9 Å². The summed E-state index contributed by atoms with van der Waals surface area (Å²) in [5, 5.41) is 16.6. The maximum atomic E-state index is 12.8. The van der Waals surface area contributed by atoms with Crippen LogP contribution in [-0.4, -0.2) is 39.7 Å². The van der Waals surface area contributed by atoms with Gasteiger partial charge >= 0.3 is 7.12 Å². The normalized spacial score (nSPS) is 20.5. The molecule has 0 aliphatic carbocycles. The number of nitrogens with zero attached hydrogens (tertiary/aromatic N) is 2. The van der Waals surface area contributed by atoms with Crippen molar-refractivity contribution in [3.8, 4) is 0 Å². The lowest BCUT2D eigenvalue weighted by atomic mass is 9.78. The summed E-state index contributed by atoms with van der Waals surface area (Å²) in [6, 6.07) is 5.50. The molecule has 1 fully saturated rings. The topological polar surface area (TPSA) is 78.5 Å². The Morgan fingerprint density at radius 3 is 3.23 bits per heavy atom. The summed E-state index contributed by atoms with van der Waals surface area (Å²) < 4.78 is 5.18. The zero-order valence-corrected chi connectivity index (χ0v) is 12.0. The number of fused-ring (bicyclic) bond motifs is 1. The predicted octanol–water partition coefficient (Wildman–Crippen LogP) is 0.605. The van der Waals surface area contributed by atoms with Gasteiger partial charge in [-0.25, -0.2) is 0 Å². The van der Waals surface area contributed by atoms with Crippen molar-refractivity contribution in [3.63, 3.8) is 0 Å². The fourth-order valence-electron chi connectivity index (χ4n) is 3.31. The molecule has 0 saturated carbocycles. The van der Waals surface area contributed by atoms with Gasteiger partial charge in [-0.3, -0.25) is 9.89 Å². The van der Waals surface area contributed by atoms with Gasteiger partial charge in [0.1, 0.15) is 0 Å². The summed E-state index contributed by atoms with van der Waals surface area (Å²) in [6.07, 6.45) is 5.55. The molecule has 2 aliphatic rings. The number of carbonyl (C=O) groups is 1. The molecule has 7 heteroatoms. The summed E-state index contributed by atoms with van der Waals surface area (Å²) in [7, 11) is -0.925. The van der Waals surface area contributed by atoms with Gasteiger partial charge in [0.05, 0.1) is 18.8 Å². The molecular weight excluding hydrogens is 281 g/mol. The van der Waals surface area contributed by atoms with Crippen LogP contribution in [-0.2, 0) is 11.3 Å². The first-order valence-electron chi connectivity index (χ1n) is 7.46. The number of likely N-dealkylation sites (tertiary alicyclic amines) is 1. The molecule has 3 heterocycles. The number of nitrogens with one attached hydrogen (secondary N) is 1. The highest BCUT2D eigenvalue weighted by Crippen LogP contribution is 2.32. The third-order valence-corrected chi connectivity index (χ3v) is 4.47. The largest absolute Gasteiger partial charge is 0.491 e. The minimum absolute atomic E-state index is 0.00870. The second-order valence-electron chi connectivity index (χ2n) is 5.77. The Bertz CT molecular complexity index is 704. The van der Waals surface area contributed by atoms with Crippen LogP contribution in [0.1, 0.15) is 40.4 Å². The standard InChI is InChI=1S/C15H16BN3O3/c20-15(10-3-4-11-9-22-16(21)13(11)6-10)19-5-1-2-14(19)12-7-17-18-8-12/h3-4,6-8,14,21H,1-2,5,9H2,(H,17,18). The Hall–Kier alpha value is -2.12. The molecule has 1 unspecified atom stereocenters. The summed E-state index contributed by atoms with van der Waals surface area (Å²) in [5.41, 5.74) is 3.27. The maximum Gasteiger partial charge on any atom is 0.491 e. The Morgan fingerprint density at radius 2 is 2.41 bits per heavy atom. The minimum atomic E-state index is -0.925. The van der Waals surface area contributed by atoms with Crippen LogP contribution < -0.4 is 5.46 Å². The van der Waals surface area contributed by atoms with E-state index in [1.54, 1.807) is 12.3 Å². The number of benzene rings is 1. The van der Waals surface area contributed by atoms with E-state index in [1.807, 2.05) is 23.2 Å². The molecule has 4 rings (SSSR count). The molecule has 2 N–H and O–H groups in total. The van der Waals surface area contributed by atoms with Gasteiger partial charge in [0.15, 0.2) is 0 Å². The Balaban J connectivity index is 1.63. The number of rotatable bonds is 2. The Labute approximate surface area is 128 Å². The quantitative estimate of drug-likeness (QED) is 0.796. The van der Waals surface area contributed by atoms with Gasteiger partial charge in [0.25, 0.3) is 5.91 Å². The smallest absolute Gasteiger partial charge is 0.423 e. The summed E-state index contributed by atoms with van der Waals surface area (Å²) in [5.74, 6) is -0.00870. The molecule has 112 valence electrons. The van der Waals surface area contributed by atoms with Crippen molar-refractivity contribution in [2.75, 3.05) is 6.54 Å². The van der Waals surface area contributed by atoms with E-state index >= 15 is 0 Å². The molecular formula is C15H16BN3O3. The Kier molecular flexibility index (Phi) is 3.24. The van der Waals surface area contributed by atoms with Gasteiger partial charge in [-0.2, -0.15) is 5.10 Å². The molecule has 0 radical (unpaired) electrons. The highest BCUT2D eigenvalue weighted by molar-refractivity contribution is 6.61. The first kappa shape index (κ1) is 13.5. The highest BCUT2D eigenvalue weighted by atomic mass is 16.5. The van der Waals surface area contributed by atoms with Gasteiger partial charge < -0.3 is 14.6 Å². The zero-order valence-electron chi connectivity index (χ0n) is 12.0. The monoisotopic (exact) mass is 297 g/mol. The van der Waals surface area contributed by atoms with Crippen LogP contribution in [0.2, 0.25) is 0 Å². The molecule has 1 aromatic carbocycles. The average molecular weight is 297 g/mol. The molecule has 1 aromatic heterocycles. The second kappa shape index (κ2) is 5.26. The molecule has 1 atom stereocenters. The van der Waals surface area contributed by atoms with Crippen molar-refractivity contribution in [1.29, 1.82) is 0 Å². The Morgan fingerprint density at radius 1 is 1.50 bits per heavy atom. The van der Waals surface area contributed by atoms with Crippen LogP contribution in [0.4, 0.5) is 0 Å². The lowest BCUT2D eigenvalue weighted by Gasteiger charge is -2.24. The molecule has 1 amide bonds. The second-order valence-corrected chi connectivity index (χ2v) is 5.77. The molecule has 2 aromatic rings. The third kappa shape index (κ3) is 2.13. The number of hydrogen-bond acceptors (Lipinski definition) is 4. The van der Waals surface area contributed by atoms with Crippen LogP contribution in [0.3, 0.4) is 0 Å². The molecule has 0 spiro atoms. The molecule has 6 nitrogen and oxygen atoms in total. The highest BCUT2D eigenvalue weighted by Gasteiger charge is 2.33. The number of hydrogen-bond donors (Lipinski definition) is 2. The lowest BCUT2D eigenvalue weighted by molar-refractivity contribution is 0.0736. The number of H-pyrrole nitrogens is 1. The SMILES string of the molecule is O=C(c1ccc2c(c1)B(O)OC2)N1CCCC1c1cn[nH]c1. The first-order valence-corrected chi connectivity index (χ1v) is 7.46. The molecule has 1 saturated heterocycles. The van der Waals surface area contributed by atoms with E-state index in [0.29, 0.717) is 17.6 Å². The van der Waals surface area contributed by atoms with E-state index in [0.717, 1.165) is 30.5 Å². The summed E-state index contributed by atoms with van der Waals surface area (Å²) in [6.45, 7) is 1.14. The van der Waals surface area contributed by atoms with Gasteiger partial charge in [0, 0.05) is 23.9 Å². The van der Waals surface area contributed by atoms with Crippen molar-refractivity contribution in [1.82, 2.24) is 15.1 Å². The maximum absolute atomic E-state index is 12.8. The zero-order chi connectivity index (χ0) is 15.1. The van der Waals surface area contributed by atoms with E-state index < -0.39 is 7.12 Å². The first-order chi connectivity index (χ1) is 10.7. The molecule has 0 bridgehead atoms. The number of aromatic amines is 1. The van der Waals surface area contributed by atoms with Crippen molar-refractivity contribution in [2.45, 2.75) is 25.5 Å². The van der Waals surface area contributed by atoms with Gasteiger partial charge in [-0.05, 0) is 36.0 Å². The van der Waals surface area contributed by atoms with Gasteiger partial charge in [-0.15, -0.1) is 0 Å². The van der Waals surface area contributed by atoms with Gasteiger partial charge in [-0.1, -0.05) is 6.07 Å². The molecule has 22 heavy (non-hydrogen) atoms. The van der Waals surface area contributed by atoms with Crippen LogP contribution in [0.5, 0.6) is 0 Å². The summed E-state index contributed by atoms with van der Waals surface area (Å²) in [4.78, 5) is 14.7. The third-order valence-electron chi connectivity index (χ3n) is 4.47. The van der Waals surface area contributed by atoms with Gasteiger partial charge in [0.2, 0.25) is 0 Å².